The first-order valence-corrected chi connectivity index (χ1v) is 9.84. The Morgan fingerprint density at radius 2 is 1.81 bits per heavy atom. The van der Waals surface area contributed by atoms with Crippen LogP contribution in [0.1, 0.15) is 25.7 Å². The Morgan fingerprint density at radius 3 is 2.45 bits per heavy atom. The van der Waals surface area contributed by atoms with Gasteiger partial charge in [-0.2, -0.15) is 0 Å². The van der Waals surface area contributed by atoms with Crippen molar-refractivity contribution in [2.45, 2.75) is 37.8 Å². The summed E-state index contributed by atoms with van der Waals surface area (Å²) in [6.45, 7) is -0.250. The Kier molecular flexibility index (Phi) is 7.45. The van der Waals surface area contributed by atoms with Crippen molar-refractivity contribution in [1.29, 1.82) is 0 Å². The van der Waals surface area contributed by atoms with Gasteiger partial charge in [-0.25, -0.2) is 14.4 Å². The maximum Gasteiger partial charge on any atom is 0.290 e. The molecule has 0 aliphatic heterocycles. The van der Waals surface area contributed by atoms with Gasteiger partial charge in [0.1, 0.15) is 17.7 Å². The minimum Gasteiger partial charge on any atom is -0.483 e. The Labute approximate surface area is 179 Å². The van der Waals surface area contributed by atoms with Crippen LogP contribution < -0.4 is 16.2 Å². The van der Waals surface area contributed by atoms with Gasteiger partial charge in [-0.15, -0.1) is 0 Å². The summed E-state index contributed by atoms with van der Waals surface area (Å²) in [5.41, 5.74) is 13.8. The van der Waals surface area contributed by atoms with E-state index in [-0.39, 0.29) is 18.6 Å². The second kappa shape index (κ2) is 10.4. The summed E-state index contributed by atoms with van der Waals surface area (Å²) < 4.78 is 20.9. The summed E-state index contributed by atoms with van der Waals surface area (Å²) in [5, 5.41) is 6.89. The quantitative estimate of drug-likeness (QED) is 0.542. The zero-order chi connectivity index (χ0) is 22.2. The highest BCUT2D eigenvalue weighted by molar-refractivity contribution is 5.72. The molecule has 2 heterocycles. The van der Waals surface area contributed by atoms with E-state index in [1.807, 2.05) is 18.2 Å². The van der Waals surface area contributed by atoms with E-state index in [1.165, 1.54) is 18.5 Å². The van der Waals surface area contributed by atoms with Crippen molar-refractivity contribution < 1.29 is 19.0 Å². The minimum atomic E-state index is -0.394. The van der Waals surface area contributed by atoms with Crippen LogP contribution in [0.15, 0.2) is 48.9 Å². The predicted molar refractivity (Wildman–Crippen MR) is 115 cm³/mol. The summed E-state index contributed by atoms with van der Waals surface area (Å²) in [6.07, 6.45) is 8.33. The van der Waals surface area contributed by atoms with Crippen molar-refractivity contribution in [3.8, 4) is 28.3 Å². The van der Waals surface area contributed by atoms with E-state index in [0.29, 0.717) is 28.5 Å². The van der Waals surface area contributed by atoms with E-state index in [2.05, 4.69) is 15.0 Å². The molecule has 4 rings (SSSR count). The molecule has 0 bridgehead atoms. The van der Waals surface area contributed by atoms with Crippen molar-refractivity contribution in [2.75, 3.05) is 5.73 Å². The van der Waals surface area contributed by atoms with Gasteiger partial charge in [0.05, 0.1) is 18.1 Å². The number of nitrogens with two attached hydrogens (primary N) is 2. The molecule has 0 atom stereocenters. The predicted octanol–water partition coefficient (Wildman–Crippen LogP) is 3.28. The number of halogens is 1. The number of hydrogen-bond acceptors (Lipinski definition) is 7. The molecule has 1 aliphatic rings. The molecule has 31 heavy (non-hydrogen) atoms. The number of benzene rings is 1. The first-order valence-electron chi connectivity index (χ1n) is 9.84. The zero-order valence-electron chi connectivity index (χ0n) is 16.8. The molecule has 0 unspecified atom stereocenters. The highest BCUT2D eigenvalue weighted by Crippen LogP contribution is 2.33. The fourth-order valence-corrected chi connectivity index (χ4v) is 3.44. The second-order valence-corrected chi connectivity index (χ2v) is 7.14. The number of aromatic nitrogens is 3. The third-order valence-electron chi connectivity index (χ3n) is 5.00. The summed E-state index contributed by atoms with van der Waals surface area (Å²) in [4.78, 5) is 20.8. The molecule has 162 valence electrons. The van der Waals surface area contributed by atoms with Crippen LogP contribution in [0.5, 0.6) is 5.88 Å². The number of anilines is 1. The normalized spacial score (nSPS) is 17.9. The van der Waals surface area contributed by atoms with E-state index in [0.717, 1.165) is 31.2 Å². The molecule has 5 N–H and O–H groups in total. The molecular weight excluding hydrogens is 401 g/mol. The molecule has 0 saturated heterocycles. The largest absolute Gasteiger partial charge is 0.483 e. The van der Waals surface area contributed by atoms with Gasteiger partial charge in [-0.1, -0.05) is 6.07 Å². The maximum atomic E-state index is 14.8. The van der Waals surface area contributed by atoms with Crippen molar-refractivity contribution in [1.82, 2.24) is 15.0 Å². The summed E-state index contributed by atoms with van der Waals surface area (Å²) in [6, 6.07) is 8.93. The monoisotopic (exact) mass is 425 g/mol. The Hall–Kier alpha value is -3.59. The molecule has 1 aromatic carbocycles. The van der Waals surface area contributed by atoms with Crippen LogP contribution in [0.25, 0.3) is 22.4 Å². The first kappa shape index (κ1) is 22.1. The molecule has 9 heteroatoms. The van der Waals surface area contributed by atoms with E-state index in [4.69, 9.17) is 26.1 Å². The van der Waals surface area contributed by atoms with Crippen molar-refractivity contribution in [3.05, 3.63) is 54.7 Å². The van der Waals surface area contributed by atoms with Gasteiger partial charge in [-0.05, 0) is 55.5 Å². The lowest BCUT2D eigenvalue weighted by Gasteiger charge is -2.27. The maximum absolute atomic E-state index is 14.8. The second-order valence-electron chi connectivity index (χ2n) is 7.14. The topological polar surface area (TPSA) is 137 Å². The molecule has 3 aromatic rings. The van der Waals surface area contributed by atoms with E-state index in [1.54, 1.807) is 12.3 Å². The molecule has 1 aliphatic carbocycles. The molecule has 1 saturated carbocycles. The number of pyridine rings is 1. The Bertz CT molecular complexity index is 1010. The lowest BCUT2D eigenvalue weighted by molar-refractivity contribution is -0.122. The lowest BCUT2D eigenvalue weighted by atomic mass is 9.93. The number of ether oxygens (including phenoxy) is 1. The molecule has 0 radical (unpaired) electrons. The van der Waals surface area contributed by atoms with Gasteiger partial charge in [-0.3, -0.25) is 9.78 Å². The van der Waals surface area contributed by atoms with Crippen molar-refractivity contribution in [3.63, 3.8) is 0 Å². The number of rotatable bonds is 4. The van der Waals surface area contributed by atoms with Crippen LogP contribution in [-0.2, 0) is 4.79 Å². The van der Waals surface area contributed by atoms with Crippen LogP contribution >= 0.6 is 0 Å². The first-order chi connectivity index (χ1) is 15.0. The Morgan fingerprint density at radius 1 is 1.06 bits per heavy atom. The summed E-state index contributed by atoms with van der Waals surface area (Å²) in [7, 11) is 0. The third-order valence-corrected chi connectivity index (χ3v) is 5.00. The average Bonchev–Trinajstić information content (AvgIpc) is 2.77. The van der Waals surface area contributed by atoms with E-state index < -0.39 is 5.82 Å². The molecule has 0 spiro atoms. The van der Waals surface area contributed by atoms with Gasteiger partial charge in [0.2, 0.25) is 5.88 Å². The van der Waals surface area contributed by atoms with Crippen LogP contribution in [0.4, 0.5) is 10.2 Å². The van der Waals surface area contributed by atoms with E-state index in [9.17, 15) is 4.39 Å². The number of hydrogen-bond donors (Lipinski definition) is 3. The standard InChI is InChI=1S/C21H22FN5O.CH2O2/c22-18-10-13(3-8-17(18)19-11-27-20(24)12-26-19)16-2-1-9-25-21(16)28-15-6-4-14(23)5-7-15;2-1-3/h1-3,8-12,14-15H,4-7,23H2,(H2,24,27);1H,(H,2,3). The van der Waals surface area contributed by atoms with Crippen LogP contribution in [0.2, 0.25) is 0 Å². The fourth-order valence-electron chi connectivity index (χ4n) is 3.44. The van der Waals surface area contributed by atoms with Crippen molar-refractivity contribution in [2.24, 2.45) is 5.73 Å². The van der Waals surface area contributed by atoms with Gasteiger partial charge >= 0.3 is 0 Å². The van der Waals surface area contributed by atoms with Crippen LogP contribution in [0, 0.1) is 5.82 Å². The van der Waals surface area contributed by atoms with Crippen LogP contribution in [0.3, 0.4) is 0 Å². The van der Waals surface area contributed by atoms with Gasteiger partial charge in [0, 0.05) is 23.4 Å². The molecule has 2 aromatic heterocycles. The molecule has 1 fully saturated rings. The number of carbonyl (C=O) groups is 1. The highest BCUT2D eigenvalue weighted by atomic mass is 19.1. The lowest BCUT2D eigenvalue weighted by Crippen LogP contribution is -2.31. The van der Waals surface area contributed by atoms with Crippen molar-refractivity contribution >= 4 is 12.3 Å². The SMILES string of the molecule is Nc1cnc(-c2ccc(-c3cccnc3OC3CCC(N)CC3)cc2F)cn1.O=CO. The smallest absolute Gasteiger partial charge is 0.290 e. The number of carboxylic acid groups (broad SMARTS) is 1. The fraction of sp³-hybridized carbons (Fsp3) is 0.273. The van der Waals surface area contributed by atoms with Gasteiger partial charge in [0.15, 0.2) is 0 Å². The third kappa shape index (κ3) is 5.73. The van der Waals surface area contributed by atoms with Gasteiger partial charge in [0.25, 0.3) is 6.47 Å². The zero-order valence-corrected chi connectivity index (χ0v) is 16.8. The minimum absolute atomic E-state index is 0.0858. The number of nitrogens with zero attached hydrogens (tertiary/aromatic N) is 3. The van der Waals surface area contributed by atoms with Gasteiger partial charge < -0.3 is 21.3 Å². The summed E-state index contributed by atoms with van der Waals surface area (Å²) in [5.74, 6) is 0.416. The Balaban J connectivity index is 0.000000858. The number of nitrogen functional groups attached to an aromatic ring is 1. The average molecular weight is 425 g/mol. The molecule has 8 nitrogen and oxygen atoms in total. The van der Waals surface area contributed by atoms with E-state index >= 15 is 0 Å². The highest BCUT2D eigenvalue weighted by Gasteiger charge is 2.22. The molecular formula is C22H24FN5O3. The summed E-state index contributed by atoms with van der Waals surface area (Å²) >= 11 is 0. The molecule has 0 amide bonds. The van der Waals surface area contributed by atoms with Crippen LogP contribution in [-0.4, -0.2) is 38.7 Å².